The zero-order valence-corrected chi connectivity index (χ0v) is 16.7. The summed E-state index contributed by atoms with van der Waals surface area (Å²) in [5, 5.41) is 3.13. The Morgan fingerprint density at radius 1 is 1.26 bits per heavy atom. The summed E-state index contributed by atoms with van der Waals surface area (Å²) in [6.07, 6.45) is 5.27. The van der Waals surface area contributed by atoms with Gasteiger partial charge in [-0.2, -0.15) is 0 Å². The summed E-state index contributed by atoms with van der Waals surface area (Å²) in [5.41, 5.74) is 2.06. The van der Waals surface area contributed by atoms with E-state index >= 15 is 0 Å². The van der Waals surface area contributed by atoms with E-state index in [-0.39, 0.29) is 11.8 Å². The number of para-hydroxylation sites is 2. The Morgan fingerprint density at radius 3 is 2.74 bits per heavy atom. The van der Waals surface area contributed by atoms with E-state index in [4.69, 9.17) is 0 Å². The van der Waals surface area contributed by atoms with Crippen molar-refractivity contribution in [2.24, 2.45) is 5.92 Å². The molecule has 1 aliphatic heterocycles. The van der Waals surface area contributed by atoms with Crippen LogP contribution in [0, 0.1) is 5.92 Å². The molecule has 1 aliphatic rings. The van der Waals surface area contributed by atoms with E-state index in [0.29, 0.717) is 0 Å². The maximum atomic E-state index is 12.4. The third-order valence-corrected chi connectivity index (χ3v) is 5.45. The number of carbonyl (C=O) groups excluding carboxylic acids is 1. The zero-order valence-electron chi connectivity index (χ0n) is 16.7. The normalized spacial score (nSPS) is 15.6. The van der Waals surface area contributed by atoms with E-state index < -0.39 is 0 Å². The highest BCUT2D eigenvalue weighted by atomic mass is 16.1. The summed E-state index contributed by atoms with van der Waals surface area (Å²) in [7, 11) is 2.16. The lowest BCUT2D eigenvalue weighted by Crippen LogP contribution is -2.41. The lowest BCUT2D eigenvalue weighted by atomic mass is 9.96. The standard InChI is InChI=1S/C21H33N5O/c1-3-4-13-25(2)14-7-12-22-20(27)17-10-15-26(16-11-17)21-23-18-8-5-6-9-19(18)24-21/h5-6,8-9,17H,3-4,7,10-16H2,1-2H3,(H,22,27)(H,23,24). The first-order valence-corrected chi connectivity index (χ1v) is 10.3. The van der Waals surface area contributed by atoms with Gasteiger partial charge in [0.05, 0.1) is 11.0 Å². The molecule has 0 atom stereocenters. The van der Waals surface area contributed by atoms with Gasteiger partial charge in [0.25, 0.3) is 0 Å². The van der Waals surface area contributed by atoms with Gasteiger partial charge in [-0.3, -0.25) is 4.79 Å². The maximum absolute atomic E-state index is 12.4. The van der Waals surface area contributed by atoms with Crippen molar-refractivity contribution in [3.8, 4) is 0 Å². The number of nitrogens with one attached hydrogen (secondary N) is 2. The number of unbranched alkanes of at least 4 members (excludes halogenated alkanes) is 1. The number of aromatic nitrogens is 2. The van der Waals surface area contributed by atoms with Gasteiger partial charge in [0.1, 0.15) is 0 Å². The molecule has 3 rings (SSSR count). The third kappa shape index (κ3) is 5.45. The zero-order chi connectivity index (χ0) is 19.1. The van der Waals surface area contributed by atoms with Crippen LogP contribution in [0.4, 0.5) is 5.95 Å². The van der Waals surface area contributed by atoms with Gasteiger partial charge >= 0.3 is 0 Å². The highest BCUT2D eigenvalue weighted by Gasteiger charge is 2.26. The summed E-state index contributed by atoms with van der Waals surface area (Å²) in [6.45, 7) is 6.93. The number of nitrogens with zero attached hydrogens (tertiary/aromatic N) is 3. The molecular weight excluding hydrogens is 338 g/mol. The number of imidazole rings is 1. The molecule has 1 fully saturated rings. The molecule has 1 amide bonds. The summed E-state index contributed by atoms with van der Waals surface area (Å²) < 4.78 is 0. The van der Waals surface area contributed by atoms with E-state index in [9.17, 15) is 4.79 Å². The number of carbonyl (C=O) groups is 1. The van der Waals surface area contributed by atoms with Crippen LogP contribution in [-0.4, -0.2) is 60.5 Å². The average Bonchev–Trinajstić information content (AvgIpc) is 3.14. The Bertz CT molecular complexity index is 687. The lowest BCUT2D eigenvalue weighted by molar-refractivity contribution is -0.125. The molecule has 2 aromatic rings. The summed E-state index contributed by atoms with van der Waals surface area (Å²) in [5.74, 6) is 1.27. The fraction of sp³-hybridized carbons (Fsp3) is 0.619. The quantitative estimate of drug-likeness (QED) is 0.665. The fourth-order valence-electron chi connectivity index (χ4n) is 3.69. The monoisotopic (exact) mass is 371 g/mol. The number of anilines is 1. The number of amides is 1. The predicted molar refractivity (Wildman–Crippen MR) is 111 cm³/mol. The van der Waals surface area contributed by atoms with Crippen molar-refractivity contribution in [1.29, 1.82) is 0 Å². The van der Waals surface area contributed by atoms with Crippen molar-refractivity contribution < 1.29 is 4.79 Å². The van der Waals surface area contributed by atoms with Crippen LogP contribution < -0.4 is 10.2 Å². The first kappa shape index (κ1) is 19.7. The van der Waals surface area contributed by atoms with Crippen molar-refractivity contribution in [1.82, 2.24) is 20.2 Å². The molecule has 27 heavy (non-hydrogen) atoms. The lowest BCUT2D eigenvalue weighted by Gasteiger charge is -2.31. The highest BCUT2D eigenvalue weighted by Crippen LogP contribution is 2.23. The first-order chi connectivity index (χ1) is 13.2. The second-order valence-electron chi connectivity index (χ2n) is 7.64. The van der Waals surface area contributed by atoms with Crippen LogP contribution in [0.15, 0.2) is 24.3 Å². The third-order valence-electron chi connectivity index (χ3n) is 5.45. The van der Waals surface area contributed by atoms with Gasteiger partial charge in [-0.25, -0.2) is 4.98 Å². The van der Waals surface area contributed by atoms with Crippen LogP contribution >= 0.6 is 0 Å². The van der Waals surface area contributed by atoms with E-state index in [1.807, 2.05) is 24.3 Å². The highest BCUT2D eigenvalue weighted by molar-refractivity contribution is 5.79. The minimum absolute atomic E-state index is 0.128. The molecule has 6 nitrogen and oxygen atoms in total. The van der Waals surface area contributed by atoms with Gasteiger partial charge in [0.15, 0.2) is 0 Å². The molecule has 0 bridgehead atoms. The van der Waals surface area contributed by atoms with Crippen molar-refractivity contribution in [2.75, 3.05) is 44.7 Å². The van der Waals surface area contributed by atoms with Crippen LogP contribution in [0.5, 0.6) is 0 Å². The molecule has 2 heterocycles. The van der Waals surface area contributed by atoms with Gasteiger partial charge in [0.2, 0.25) is 11.9 Å². The number of rotatable bonds is 9. The summed E-state index contributed by atoms with van der Waals surface area (Å²) in [4.78, 5) is 25.1. The second kappa shape index (κ2) is 9.74. The summed E-state index contributed by atoms with van der Waals surface area (Å²) in [6, 6.07) is 8.09. The Kier molecular flexibility index (Phi) is 7.10. The molecule has 0 aliphatic carbocycles. The van der Waals surface area contributed by atoms with Crippen molar-refractivity contribution in [2.45, 2.75) is 39.0 Å². The largest absolute Gasteiger partial charge is 0.356 e. The van der Waals surface area contributed by atoms with Gasteiger partial charge in [-0.15, -0.1) is 0 Å². The van der Waals surface area contributed by atoms with Crippen molar-refractivity contribution >= 4 is 22.9 Å². The molecule has 0 spiro atoms. The SMILES string of the molecule is CCCCN(C)CCCNC(=O)C1CCN(c2nc3ccccc3[nH]2)CC1. The second-order valence-corrected chi connectivity index (χ2v) is 7.64. The van der Waals surface area contributed by atoms with E-state index in [1.54, 1.807) is 0 Å². The number of benzene rings is 1. The molecule has 1 aromatic heterocycles. The summed E-state index contributed by atoms with van der Waals surface area (Å²) >= 11 is 0. The van der Waals surface area contributed by atoms with Crippen LogP contribution in [0.25, 0.3) is 11.0 Å². The van der Waals surface area contributed by atoms with Gasteiger partial charge in [-0.1, -0.05) is 25.5 Å². The number of piperidine rings is 1. The Labute approximate surface area is 162 Å². The molecule has 0 saturated carbocycles. The molecular formula is C21H33N5O. The first-order valence-electron chi connectivity index (χ1n) is 10.3. The molecule has 0 unspecified atom stereocenters. The number of hydrogen-bond acceptors (Lipinski definition) is 4. The molecule has 148 valence electrons. The minimum Gasteiger partial charge on any atom is -0.356 e. The van der Waals surface area contributed by atoms with E-state index in [2.05, 4.69) is 39.1 Å². The van der Waals surface area contributed by atoms with Crippen LogP contribution in [0.3, 0.4) is 0 Å². The fourth-order valence-corrected chi connectivity index (χ4v) is 3.69. The van der Waals surface area contributed by atoms with Gasteiger partial charge in [0, 0.05) is 25.6 Å². The molecule has 6 heteroatoms. The Morgan fingerprint density at radius 2 is 2.00 bits per heavy atom. The number of fused-ring (bicyclic) bond motifs is 1. The minimum atomic E-state index is 0.128. The molecule has 1 saturated heterocycles. The van der Waals surface area contributed by atoms with Crippen LogP contribution in [-0.2, 0) is 4.79 Å². The van der Waals surface area contributed by atoms with Crippen LogP contribution in [0.2, 0.25) is 0 Å². The Balaban J connectivity index is 1.37. The van der Waals surface area contributed by atoms with E-state index in [1.165, 1.54) is 12.8 Å². The molecule has 0 radical (unpaired) electrons. The molecule has 1 aromatic carbocycles. The average molecular weight is 372 g/mol. The Hall–Kier alpha value is -2.08. The number of hydrogen-bond donors (Lipinski definition) is 2. The maximum Gasteiger partial charge on any atom is 0.223 e. The van der Waals surface area contributed by atoms with Gasteiger partial charge in [-0.05, 0) is 58.0 Å². The topological polar surface area (TPSA) is 64.3 Å². The van der Waals surface area contributed by atoms with Gasteiger partial charge < -0.3 is 20.1 Å². The predicted octanol–water partition coefficient (Wildman–Crippen LogP) is 3.02. The molecule has 2 N–H and O–H groups in total. The van der Waals surface area contributed by atoms with E-state index in [0.717, 1.165) is 69.0 Å². The van der Waals surface area contributed by atoms with Crippen molar-refractivity contribution in [3.63, 3.8) is 0 Å². The number of H-pyrrole nitrogens is 1. The smallest absolute Gasteiger partial charge is 0.223 e. The number of aromatic amines is 1. The van der Waals surface area contributed by atoms with Crippen LogP contribution in [0.1, 0.15) is 39.0 Å². The van der Waals surface area contributed by atoms with Crippen molar-refractivity contribution in [3.05, 3.63) is 24.3 Å².